The Bertz CT molecular complexity index is 941. The number of carbonyl (C=O) groups excluding carboxylic acids is 3. The summed E-state index contributed by atoms with van der Waals surface area (Å²) in [6.07, 6.45) is -4.45. The molecule has 0 bridgehead atoms. The summed E-state index contributed by atoms with van der Waals surface area (Å²) in [4.78, 5) is 38.1. The fourth-order valence-corrected chi connectivity index (χ4v) is 3.04. The second kappa shape index (κ2) is 7.94. The maximum Gasteiger partial charge on any atom is 0.416 e. The van der Waals surface area contributed by atoms with Crippen molar-refractivity contribution in [3.63, 3.8) is 0 Å². The van der Waals surface area contributed by atoms with Crippen molar-refractivity contribution >= 4 is 29.2 Å². The number of benzene rings is 2. The first kappa shape index (κ1) is 20.4. The van der Waals surface area contributed by atoms with E-state index in [0.29, 0.717) is 11.4 Å². The number of para-hydroxylation sites is 2. The highest BCUT2D eigenvalue weighted by Crippen LogP contribution is 2.31. The lowest BCUT2D eigenvalue weighted by Gasteiger charge is -2.27. The third-order valence-corrected chi connectivity index (χ3v) is 4.40. The Kier molecular flexibility index (Phi) is 5.58. The quantitative estimate of drug-likeness (QED) is 0.790. The van der Waals surface area contributed by atoms with Crippen molar-refractivity contribution in [2.45, 2.75) is 25.6 Å². The molecule has 9 heteroatoms. The first-order valence-corrected chi connectivity index (χ1v) is 8.72. The fraction of sp³-hybridized carbons (Fsp3) is 0.250. The van der Waals surface area contributed by atoms with Gasteiger partial charge in [-0.05, 0) is 43.3 Å². The third-order valence-electron chi connectivity index (χ3n) is 4.40. The van der Waals surface area contributed by atoms with E-state index in [1.165, 1.54) is 4.90 Å². The van der Waals surface area contributed by atoms with Crippen LogP contribution in [0.5, 0.6) is 0 Å². The van der Waals surface area contributed by atoms with Gasteiger partial charge in [0, 0.05) is 12.5 Å². The minimum absolute atomic E-state index is 0.0628. The summed E-state index contributed by atoms with van der Waals surface area (Å²) in [5, 5.41) is 2.71. The highest BCUT2D eigenvalue weighted by Gasteiger charge is 2.31. The topological polar surface area (TPSA) is 75.7 Å². The summed E-state index contributed by atoms with van der Waals surface area (Å²) < 4.78 is 42.8. The van der Waals surface area contributed by atoms with Crippen molar-refractivity contribution in [3.05, 3.63) is 59.7 Å². The summed E-state index contributed by atoms with van der Waals surface area (Å²) in [7, 11) is 0. The van der Waals surface area contributed by atoms with E-state index < -0.39 is 36.3 Å². The highest BCUT2D eigenvalue weighted by molar-refractivity contribution is 6.05. The average Bonchev–Trinajstić information content (AvgIpc) is 2.79. The molecule has 0 saturated heterocycles. The van der Waals surface area contributed by atoms with Gasteiger partial charge in [-0.2, -0.15) is 13.2 Å². The number of amides is 2. The van der Waals surface area contributed by atoms with Gasteiger partial charge in [0.1, 0.15) is 0 Å². The molecular weight excluding hydrogens is 389 g/mol. The van der Waals surface area contributed by atoms with E-state index in [0.717, 1.165) is 24.3 Å². The van der Waals surface area contributed by atoms with Crippen LogP contribution in [0.25, 0.3) is 0 Å². The number of esters is 1. The molecule has 2 aromatic rings. The van der Waals surface area contributed by atoms with E-state index in [4.69, 9.17) is 4.74 Å². The van der Waals surface area contributed by atoms with Crippen molar-refractivity contribution in [3.8, 4) is 0 Å². The minimum Gasteiger partial charge on any atom is -0.452 e. The largest absolute Gasteiger partial charge is 0.452 e. The summed E-state index contributed by atoms with van der Waals surface area (Å²) in [6, 6.07) is 9.76. The number of halogens is 3. The molecule has 0 aliphatic carbocycles. The Labute approximate surface area is 164 Å². The second-order valence-electron chi connectivity index (χ2n) is 6.53. The Balaban J connectivity index is 1.71. The molecule has 6 nitrogen and oxygen atoms in total. The number of nitrogens with one attached hydrogen (secondary N) is 1. The second-order valence-corrected chi connectivity index (χ2v) is 6.53. The van der Waals surface area contributed by atoms with E-state index in [1.807, 2.05) is 0 Å². The number of hydrogen-bond donors (Lipinski definition) is 1. The van der Waals surface area contributed by atoms with Crippen molar-refractivity contribution in [2.75, 3.05) is 16.8 Å². The van der Waals surface area contributed by atoms with E-state index in [2.05, 4.69) is 5.32 Å². The van der Waals surface area contributed by atoms with E-state index >= 15 is 0 Å². The van der Waals surface area contributed by atoms with Crippen LogP contribution in [0.3, 0.4) is 0 Å². The molecule has 2 amide bonds. The molecule has 1 heterocycles. The number of rotatable bonds is 3. The van der Waals surface area contributed by atoms with Gasteiger partial charge < -0.3 is 15.0 Å². The number of carbonyl (C=O) groups is 3. The number of ether oxygens (including phenoxy) is 1. The van der Waals surface area contributed by atoms with Crippen LogP contribution < -0.4 is 10.2 Å². The molecule has 152 valence electrons. The smallest absolute Gasteiger partial charge is 0.416 e. The molecule has 2 aromatic carbocycles. The average molecular weight is 406 g/mol. The molecule has 0 fully saturated rings. The van der Waals surface area contributed by atoms with Crippen molar-refractivity contribution < 1.29 is 32.3 Å². The Morgan fingerprint density at radius 1 is 1.14 bits per heavy atom. The van der Waals surface area contributed by atoms with Crippen LogP contribution in [0.2, 0.25) is 0 Å². The summed E-state index contributed by atoms with van der Waals surface area (Å²) in [5.74, 6) is -1.72. The number of anilines is 2. The van der Waals surface area contributed by atoms with Crippen LogP contribution in [0.4, 0.5) is 24.5 Å². The molecule has 1 aliphatic heterocycles. The predicted octanol–water partition coefficient (Wildman–Crippen LogP) is 3.63. The van der Waals surface area contributed by atoms with Gasteiger partial charge in [-0.3, -0.25) is 9.59 Å². The van der Waals surface area contributed by atoms with Gasteiger partial charge in [0.05, 0.1) is 22.5 Å². The van der Waals surface area contributed by atoms with Gasteiger partial charge in [-0.15, -0.1) is 0 Å². The van der Waals surface area contributed by atoms with E-state index in [-0.39, 0.29) is 17.9 Å². The van der Waals surface area contributed by atoms with Gasteiger partial charge in [0.15, 0.2) is 6.61 Å². The number of nitrogens with zero attached hydrogens (tertiary/aromatic N) is 1. The standard InChI is InChI=1S/C20H17F3N2O4/c1-12-10-17(26)24-15-4-2-3-5-16(15)25(12)18(27)11-29-19(28)13-6-8-14(9-7-13)20(21,22)23/h2-9,12H,10-11H2,1H3,(H,24,26)/t12-/m0/s1. The predicted molar refractivity (Wildman–Crippen MR) is 98.4 cm³/mol. The molecule has 0 aromatic heterocycles. The summed E-state index contributed by atoms with van der Waals surface area (Å²) in [6.45, 7) is 1.07. The third kappa shape index (κ3) is 4.56. The Morgan fingerprint density at radius 2 is 1.79 bits per heavy atom. The molecule has 1 aliphatic rings. The molecule has 0 unspecified atom stereocenters. The summed E-state index contributed by atoms with van der Waals surface area (Å²) in [5.41, 5.74) is -0.0602. The number of alkyl halides is 3. The monoisotopic (exact) mass is 406 g/mol. The van der Waals surface area contributed by atoms with Crippen LogP contribution >= 0.6 is 0 Å². The molecule has 3 rings (SSSR count). The molecular formula is C20H17F3N2O4. The SMILES string of the molecule is C[C@H]1CC(=O)Nc2ccccc2N1C(=O)COC(=O)c1ccc(C(F)(F)F)cc1. The maximum absolute atomic E-state index is 12.7. The van der Waals surface area contributed by atoms with E-state index in [9.17, 15) is 27.6 Å². The lowest BCUT2D eigenvalue weighted by atomic mass is 10.1. The zero-order valence-electron chi connectivity index (χ0n) is 15.3. The molecule has 0 radical (unpaired) electrons. The van der Waals surface area contributed by atoms with Gasteiger partial charge in [-0.25, -0.2) is 4.79 Å². The molecule has 1 N–H and O–H groups in total. The van der Waals surface area contributed by atoms with Crippen LogP contribution in [0.15, 0.2) is 48.5 Å². The van der Waals surface area contributed by atoms with Crippen LogP contribution in [-0.2, 0) is 20.5 Å². The zero-order chi connectivity index (χ0) is 21.2. The summed E-state index contributed by atoms with van der Waals surface area (Å²) >= 11 is 0. The number of hydrogen-bond acceptors (Lipinski definition) is 4. The van der Waals surface area contributed by atoms with Gasteiger partial charge >= 0.3 is 12.1 Å². The molecule has 0 saturated carbocycles. The van der Waals surface area contributed by atoms with Crippen molar-refractivity contribution in [2.24, 2.45) is 0 Å². The minimum atomic E-state index is -4.51. The lowest BCUT2D eigenvalue weighted by Crippen LogP contribution is -2.41. The van der Waals surface area contributed by atoms with Crippen LogP contribution in [0.1, 0.15) is 29.3 Å². The lowest BCUT2D eigenvalue weighted by molar-refractivity contribution is -0.137. The van der Waals surface area contributed by atoms with Gasteiger partial charge in [0.2, 0.25) is 5.91 Å². The Hall–Kier alpha value is -3.36. The van der Waals surface area contributed by atoms with Crippen molar-refractivity contribution in [1.82, 2.24) is 0 Å². The van der Waals surface area contributed by atoms with Crippen LogP contribution in [0, 0.1) is 0 Å². The van der Waals surface area contributed by atoms with Crippen LogP contribution in [-0.4, -0.2) is 30.4 Å². The Morgan fingerprint density at radius 3 is 2.45 bits per heavy atom. The van der Waals surface area contributed by atoms with Gasteiger partial charge in [-0.1, -0.05) is 12.1 Å². The molecule has 0 spiro atoms. The van der Waals surface area contributed by atoms with E-state index in [1.54, 1.807) is 31.2 Å². The first-order chi connectivity index (χ1) is 13.7. The highest BCUT2D eigenvalue weighted by atomic mass is 19.4. The fourth-order valence-electron chi connectivity index (χ4n) is 3.04. The normalized spacial score (nSPS) is 16.5. The van der Waals surface area contributed by atoms with Crippen molar-refractivity contribution in [1.29, 1.82) is 0 Å². The number of fused-ring (bicyclic) bond motifs is 1. The van der Waals surface area contributed by atoms with Gasteiger partial charge in [0.25, 0.3) is 5.91 Å². The molecule has 1 atom stereocenters. The first-order valence-electron chi connectivity index (χ1n) is 8.72. The zero-order valence-corrected chi connectivity index (χ0v) is 15.3. The maximum atomic E-state index is 12.7. The molecule has 29 heavy (non-hydrogen) atoms.